The zero-order valence-electron chi connectivity index (χ0n) is 18.2. The van der Waals surface area contributed by atoms with Crippen molar-refractivity contribution in [2.45, 2.75) is 33.1 Å². The average Bonchev–Trinajstić information content (AvgIpc) is 3.35. The summed E-state index contributed by atoms with van der Waals surface area (Å²) in [4.78, 5) is 15.6. The van der Waals surface area contributed by atoms with Gasteiger partial charge in [0.15, 0.2) is 0 Å². The molecule has 1 aliphatic heterocycles. The summed E-state index contributed by atoms with van der Waals surface area (Å²) in [6.07, 6.45) is 5.82. The number of rotatable bonds is 6. The first-order valence-electron chi connectivity index (χ1n) is 10.8. The summed E-state index contributed by atoms with van der Waals surface area (Å²) in [6.45, 7) is 7.94. The van der Waals surface area contributed by atoms with E-state index in [1.54, 1.807) is 4.68 Å². The molecule has 0 bridgehead atoms. The van der Waals surface area contributed by atoms with E-state index in [2.05, 4.69) is 36.2 Å². The van der Waals surface area contributed by atoms with Gasteiger partial charge in [-0.2, -0.15) is 5.10 Å². The molecule has 2 aromatic heterocycles. The Hall–Kier alpha value is -2.86. The lowest BCUT2D eigenvalue weighted by atomic mass is 10.1. The minimum atomic E-state index is -0.0834. The van der Waals surface area contributed by atoms with Crippen LogP contribution in [-0.2, 0) is 7.05 Å². The molecule has 1 fully saturated rings. The Morgan fingerprint density at radius 2 is 1.90 bits per heavy atom. The molecule has 1 N–H and O–H groups in total. The van der Waals surface area contributed by atoms with Gasteiger partial charge < -0.3 is 14.8 Å². The highest BCUT2D eigenvalue weighted by Crippen LogP contribution is 2.24. The molecule has 0 radical (unpaired) electrons. The molecule has 0 saturated carbocycles. The van der Waals surface area contributed by atoms with E-state index in [9.17, 15) is 4.79 Å². The molecule has 1 amide bonds. The molecular weight excluding hydrogens is 374 g/mol. The summed E-state index contributed by atoms with van der Waals surface area (Å²) in [5.41, 5.74) is 5.57. The van der Waals surface area contributed by atoms with E-state index < -0.39 is 0 Å². The Balaban J connectivity index is 1.60. The summed E-state index contributed by atoms with van der Waals surface area (Å²) >= 11 is 0. The van der Waals surface area contributed by atoms with Crippen LogP contribution in [-0.4, -0.2) is 51.3 Å². The zero-order chi connectivity index (χ0) is 21.1. The summed E-state index contributed by atoms with van der Waals surface area (Å²) in [5, 5.41) is 7.93. The van der Waals surface area contributed by atoms with Gasteiger partial charge in [0.25, 0.3) is 5.91 Å². The molecule has 3 aromatic rings. The van der Waals surface area contributed by atoms with Crippen LogP contribution in [0.2, 0.25) is 0 Å². The third-order valence-corrected chi connectivity index (χ3v) is 5.89. The second kappa shape index (κ2) is 8.88. The van der Waals surface area contributed by atoms with Crippen molar-refractivity contribution in [2.24, 2.45) is 7.05 Å². The van der Waals surface area contributed by atoms with E-state index in [1.807, 2.05) is 42.1 Å². The molecule has 4 rings (SSSR count). The Labute approximate surface area is 178 Å². The highest BCUT2D eigenvalue weighted by atomic mass is 16.2. The second-order valence-electron chi connectivity index (χ2n) is 8.28. The average molecular weight is 406 g/mol. The standard InChI is InChI=1S/C24H31N5O/c1-18-9-10-21(19(2)16-18)29-23(17-20(26-29)22-8-7-12-27(22)3)24(30)25-11-15-28-13-5-4-6-14-28/h7-10,12,16-17H,4-6,11,13-15H2,1-3H3,(H,25,30). The van der Waals surface area contributed by atoms with Crippen molar-refractivity contribution in [3.05, 3.63) is 59.4 Å². The smallest absolute Gasteiger partial charge is 0.270 e. The van der Waals surface area contributed by atoms with E-state index >= 15 is 0 Å². The lowest BCUT2D eigenvalue weighted by Gasteiger charge is -2.26. The van der Waals surface area contributed by atoms with Gasteiger partial charge in [-0.15, -0.1) is 0 Å². The zero-order valence-corrected chi connectivity index (χ0v) is 18.2. The van der Waals surface area contributed by atoms with Crippen LogP contribution in [0.25, 0.3) is 17.1 Å². The molecule has 3 heterocycles. The van der Waals surface area contributed by atoms with Crippen LogP contribution in [0.1, 0.15) is 40.9 Å². The maximum absolute atomic E-state index is 13.1. The number of aromatic nitrogens is 3. The lowest BCUT2D eigenvalue weighted by molar-refractivity contribution is 0.0939. The molecule has 0 aliphatic carbocycles. The molecule has 158 valence electrons. The quantitative estimate of drug-likeness (QED) is 0.680. The molecule has 6 heteroatoms. The maximum Gasteiger partial charge on any atom is 0.270 e. The number of benzene rings is 1. The number of piperidine rings is 1. The van der Waals surface area contributed by atoms with Gasteiger partial charge in [0, 0.05) is 26.3 Å². The number of amides is 1. The summed E-state index contributed by atoms with van der Waals surface area (Å²) in [5.74, 6) is -0.0834. The number of carbonyl (C=O) groups is 1. The highest BCUT2D eigenvalue weighted by molar-refractivity contribution is 5.94. The fourth-order valence-corrected chi connectivity index (χ4v) is 4.22. The maximum atomic E-state index is 13.1. The van der Waals surface area contributed by atoms with Gasteiger partial charge in [-0.25, -0.2) is 4.68 Å². The van der Waals surface area contributed by atoms with Crippen LogP contribution >= 0.6 is 0 Å². The first-order valence-corrected chi connectivity index (χ1v) is 10.8. The van der Waals surface area contributed by atoms with Crippen LogP contribution in [0.3, 0.4) is 0 Å². The molecule has 0 atom stereocenters. The monoisotopic (exact) mass is 405 g/mol. The summed E-state index contributed by atoms with van der Waals surface area (Å²) < 4.78 is 3.81. The van der Waals surface area contributed by atoms with Gasteiger partial charge in [-0.05, 0) is 69.6 Å². The van der Waals surface area contributed by atoms with E-state index in [4.69, 9.17) is 5.10 Å². The van der Waals surface area contributed by atoms with Crippen molar-refractivity contribution in [3.8, 4) is 17.1 Å². The Morgan fingerprint density at radius 3 is 2.60 bits per heavy atom. The second-order valence-corrected chi connectivity index (χ2v) is 8.28. The fraction of sp³-hybridized carbons (Fsp3) is 0.417. The Kier molecular flexibility index (Phi) is 6.04. The number of likely N-dealkylation sites (tertiary alicyclic amines) is 1. The van der Waals surface area contributed by atoms with Gasteiger partial charge in [-0.1, -0.05) is 24.1 Å². The van der Waals surface area contributed by atoms with E-state index in [0.29, 0.717) is 12.2 Å². The fourth-order valence-electron chi connectivity index (χ4n) is 4.22. The number of nitrogens with zero attached hydrogens (tertiary/aromatic N) is 4. The molecule has 0 spiro atoms. The SMILES string of the molecule is Cc1ccc(-n2nc(-c3cccn3C)cc2C(=O)NCCN2CCCCC2)c(C)c1. The van der Waals surface area contributed by atoms with Crippen molar-refractivity contribution in [1.82, 2.24) is 24.6 Å². The van der Waals surface area contributed by atoms with Gasteiger partial charge in [0.1, 0.15) is 11.4 Å². The molecule has 30 heavy (non-hydrogen) atoms. The van der Waals surface area contributed by atoms with E-state index in [0.717, 1.165) is 42.3 Å². The van der Waals surface area contributed by atoms with Crippen molar-refractivity contribution < 1.29 is 4.79 Å². The minimum absolute atomic E-state index is 0.0834. The third kappa shape index (κ3) is 4.33. The largest absolute Gasteiger partial charge is 0.349 e. The Morgan fingerprint density at radius 1 is 1.10 bits per heavy atom. The van der Waals surface area contributed by atoms with Crippen molar-refractivity contribution in [3.63, 3.8) is 0 Å². The first-order chi connectivity index (χ1) is 14.5. The normalized spacial score (nSPS) is 14.8. The lowest BCUT2D eigenvalue weighted by Crippen LogP contribution is -2.38. The number of aryl methyl sites for hydroxylation is 3. The van der Waals surface area contributed by atoms with E-state index in [-0.39, 0.29) is 5.91 Å². The highest BCUT2D eigenvalue weighted by Gasteiger charge is 2.20. The molecule has 1 aromatic carbocycles. The van der Waals surface area contributed by atoms with Crippen LogP contribution in [0.5, 0.6) is 0 Å². The van der Waals surface area contributed by atoms with E-state index in [1.165, 1.54) is 24.8 Å². The van der Waals surface area contributed by atoms with Gasteiger partial charge in [-0.3, -0.25) is 4.79 Å². The van der Waals surface area contributed by atoms with Crippen molar-refractivity contribution in [1.29, 1.82) is 0 Å². The summed E-state index contributed by atoms with van der Waals surface area (Å²) in [7, 11) is 1.99. The topological polar surface area (TPSA) is 55.1 Å². The van der Waals surface area contributed by atoms with Crippen molar-refractivity contribution in [2.75, 3.05) is 26.2 Å². The molecule has 0 unspecified atom stereocenters. The van der Waals surface area contributed by atoms with Gasteiger partial charge in [0.2, 0.25) is 0 Å². The number of hydrogen-bond donors (Lipinski definition) is 1. The van der Waals surface area contributed by atoms with Crippen LogP contribution in [0.15, 0.2) is 42.6 Å². The molecular formula is C24H31N5O. The summed E-state index contributed by atoms with van der Waals surface area (Å²) in [6, 6.07) is 12.1. The molecule has 6 nitrogen and oxygen atoms in total. The Bertz CT molecular complexity index is 1030. The van der Waals surface area contributed by atoms with Gasteiger partial charge in [0.05, 0.1) is 11.4 Å². The van der Waals surface area contributed by atoms with Crippen LogP contribution in [0, 0.1) is 13.8 Å². The predicted octanol–water partition coefficient (Wildman–Crippen LogP) is 3.71. The third-order valence-electron chi connectivity index (χ3n) is 5.89. The number of carbonyl (C=O) groups excluding carboxylic acids is 1. The van der Waals surface area contributed by atoms with Crippen LogP contribution < -0.4 is 5.32 Å². The molecule has 1 aliphatic rings. The van der Waals surface area contributed by atoms with Crippen LogP contribution in [0.4, 0.5) is 0 Å². The van der Waals surface area contributed by atoms with Gasteiger partial charge >= 0.3 is 0 Å². The first kappa shape index (κ1) is 20.4. The minimum Gasteiger partial charge on any atom is -0.349 e. The number of nitrogens with one attached hydrogen (secondary N) is 1. The van der Waals surface area contributed by atoms with Crippen molar-refractivity contribution >= 4 is 5.91 Å². The predicted molar refractivity (Wildman–Crippen MR) is 120 cm³/mol. The molecule has 1 saturated heterocycles. The number of hydrogen-bond acceptors (Lipinski definition) is 3.